The standard InChI is InChI=1S/C12H10N2O3S/c1-13(9-5-3-2-4-6-9)12(15)10-7-8-11(18-10)14(16)17/h2-8H,1H3. The van der Waals surface area contributed by atoms with Crippen molar-refractivity contribution in [1.82, 2.24) is 0 Å². The summed E-state index contributed by atoms with van der Waals surface area (Å²) in [4.78, 5) is 24.0. The summed E-state index contributed by atoms with van der Waals surface area (Å²) in [6, 6.07) is 11.9. The van der Waals surface area contributed by atoms with Crippen molar-refractivity contribution in [3.05, 3.63) is 57.5 Å². The van der Waals surface area contributed by atoms with Gasteiger partial charge in [0.1, 0.15) is 0 Å². The molecule has 1 aromatic carbocycles. The minimum Gasteiger partial charge on any atom is -0.311 e. The molecule has 0 saturated heterocycles. The van der Waals surface area contributed by atoms with Crippen molar-refractivity contribution < 1.29 is 9.72 Å². The zero-order valence-corrected chi connectivity index (χ0v) is 10.4. The topological polar surface area (TPSA) is 63.5 Å². The Morgan fingerprint density at radius 3 is 2.44 bits per heavy atom. The van der Waals surface area contributed by atoms with Gasteiger partial charge in [-0.25, -0.2) is 0 Å². The average molecular weight is 262 g/mol. The zero-order valence-electron chi connectivity index (χ0n) is 9.57. The number of carbonyl (C=O) groups excluding carboxylic acids is 1. The highest BCUT2D eigenvalue weighted by atomic mass is 32.1. The Morgan fingerprint density at radius 2 is 1.89 bits per heavy atom. The van der Waals surface area contributed by atoms with E-state index in [0.717, 1.165) is 17.0 Å². The lowest BCUT2D eigenvalue weighted by Gasteiger charge is -2.15. The number of hydrogen-bond acceptors (Lipinski definition) is 4. The Bertz CT molecular complexity index is 580. The second kappa shape index (κ2) is 4.97. The smallest absolute Gasteiger partial charge is 0.311 e. The predicted octanol–water partition coefficient (Wildman–Crippen LogP) is 2.93. The molecule has 0 aliphatic carbocycles. The number of nitrogens with zero attached hydrogens (tertiary/aromatic N) is 2. The summed E-state index contributed by atoms with van der Waals surface area (Å²) >= 11 is 0.882. The summed E-state index contributed by atoms with van der Waals surface area (Å²) in [5.74, 6) is -0.251. The predicted molar refractivity (Wildman–Crippen MR) is 70.1 cm³/mol. The van der Waals surface area contributed by atoms with Gasteiger partial charge in [-0.15, -0.1) is 0 Å². The summed E-state index contributed by atoms with van der Waals surface area (Å²) in [5.41, 5.74) is 0.749. The second-order valence-electron chi connectivity index (χ2n) is 3.59. The van der Waals surface area contributed by atoms with E-state index in [1.54, 1.807) is 19.2 Å². The Kier molecular flexibility index (Phi) is 3.38. The lowest BCUT2D eigenvalue weighted by molar-refractivity contribution is -0.380. The van der Waals surface area contributed by atoms with Gasteiger partial charge in [-0.3, -0.25) is 14.9 Å². The highest BCUT2D eigenvalue weighted by Gasteiger charge is 2.19. The molecule has 1 aromatic heterocycles. The molecule has 0 saturated carbocycles. The number of hydrogen-bond donors (Lipinski definition) is 0. The molecule has 18 heavy (non-hydrogen) atoms. The van der Waals surface area contributed by atoms with Crippen LogP contribution >= 0.6 is 11.3 Å². The number of amides is 1. The van der Waals surface area contributed by atoms with Gasteiger partial charge < -0.3 is 4.90 Å². The molecule has 0 atom stereocenters. The van der Waals surface area contributed by atoms with Gasteiger partial charge in [-0.2, -0.15) is 0 Å². The molecular weight excluding hydrogens is 252 g/mol. The molecule has 92 valence electrons. The molecule has 0 aliphatic heterocycles. The van der Waals surface area contributed by atoms with Crippen molar-refractivity contribution in [2.75, 3.05) is 11.9 Å². The van der Waals surface area contributed by atoms with Gasteiger partial charge in [0.2, 0.25) is 0 Å². The quantitative estimate of drug-likeness (QED) is 0.631. The highest BCUT2D eigenvalue weighted by molar-refractivity contribution is 7.17. The van der Waals surface area contributed by atoms with Gasteiger partial charge in [-0.1, -0.05) is 29.5 Å². The van der Waals surface area contributed by atoms with E-state index >= 15 is 0 Å². The van der Waals surface area contributed by atoms with Crippen LogP contribution in [0.3, 0.4) is 0 Å². The first-order valence-electron chi connectivity index (χ1n) is 5.17. The molecule has 0 N–H and O–H groups in total. The lowest BCUT2D eigenvalue weighted by Crippen LogP contribution is -2.25. The molecular formula is C12H10N2O3S. The minimum atomic E-state index is -0.496. The fraction of sp³-hybridized carbons (Fsp3) is 0.0833. The molecule has 1 heterocycles. The van der Waals surface area contributed by atoms with E-state index in [1.807, 2.05) is 18.2 Å². The van der Waals surface area contributed by atoms with E-state index in [2.05, 4.69) is 0 Å². The number of rotatable bonds is 3. The van der Waals surface area contributed by atoms with E-state index in [1.165, 1.54) is 17.0 Å². The summed E-state index contributed by atoms with van der Waals surface area (Å²) in [5, 5.41) is 10.5. The first-order valence-corrected chi connectivity index (χ1v) is 5.98. The van der Waals surface area contributed by atoms with Gasteiger partial charge in [0.15, 0.2) is 0 Å². The first-order chi connectivity index (χ1) is 8.59. The fourth-order valence-electron chi connectivity index (χ4n) is 1.47. The molecule has 5 nitrogen and oxygen atoms in total. The second-order valence-corrected chi connectivity index (χ2v) is 4.66. The van der Waals surface area contributed by atoms with Crippen LogP contribution in [0.25, 0.3) is 0 Å². The number of nitro groups is 1. The molecule has 0 spiro atoms. The summed E-state index contributed by atoms with van der Waals surface area (Å²) < 4.78 is 0. The molecule has 0 fully saturated rings. The Morgan fingerprint density at radius 1 is 1.22 bits per heavy atom. The SMILES string of the molecule is CN(C(=O)c1ccc([N+](=O)[O-])s1)c1ccccc1. The van der Waals surface area contributed by atoms with Crippen LogP contribution in [0.15, 0.2) is 42.5 Å². The van der Waals surface area contributed by atoms with E-state index in [-0.39, 0.29) is 10.9 Å². The van der Waals surface area contributed by atoms with Crippen molar-refractivity contribution in [3.63, 3.8) is 0 Å². The average Bonchev–Trinajstić information content (AvgIpc) is 2.88. The molecule has 0 radical (unpaired) electrons. The van der Waals surface area contributed by atoms with Gasteiger partial charge in [0.05, 0.1) is 9.80 Å². The monoisotopic (exact) mass is 262 g/mol. The lowest BCUT2D eigenvalue weighted by atomic mass is 10.3. The molecule has 6 heteroatoms. The molecule has 2 rings (SSSR count). The maximum absolute atomic E-state index is 12.1. The summed E-state index contributed by atoms with van der Waals surface area (Å²) in [6.07, 6.45) is 0. The van der Waals surface area contributed by atoms with Gasteiger partial charge in [0, 0.05) is 18.8 Å². The van der Waals surface area contributed by atoms with Crippen LogP contribution in [0, 0.1) is 10.1 Å². The molecule has 2 aromatic rings. The third-order valence-electron chi connectivity index (χ3n) is 2.43. The van der Waals surface area contributed by atoms with Crippen molar-refractivity contribution in [2.45, 2.75) is 0 Å². The largest absolute Gasteiger partial charge is 0.324 e. The Labute approximate surface area is 107 Å². The molecule has 0 unspecified atom stereocenters. The number of anilines is 1. The van der Waals surface area contributed by atoms with Gasteiger partial charge in [-0.05, 0) is 18.2 Å². The number of para-hydroxylation sites is 1. The molecule has 0 aliphatic rings. The van der Waals surface area contributed by atoms with E-state index in [9.17, 15) is 14.9 Å². The number of carbonyl (C=O) groups is 1. The molecule has 1 amide bonds. The van der Waals surface area contributed by atoms with Gasteiger partial charge in [0.25, 0.3) is 5.91 Å². The van der Waals surface area contributed by atoms with Crippen LogP contribution in [-0.4, -0.2) is 17.9 Å². The van der Waals surface area contributed by atoms with Crippen LogP contribution in [-0.2, 0) is 0 Å². The van der Waals surface area contributed by atoms with Crippen molar-refractivity contribution >= 4 is 27.9 Å². The van der Waals surface area contributed by atoms with E-state index in [0.29, 0.717) is 4.88 Å². The van der Waals surface area contributed by atoms with E-state index < -0.39 is 4.92 Å². The van der Waals surface area contributed by atoms with Gasteiger partial charge >= 0.3 is 5.00 Å². The minimum absolute atomic E-state index is 0.0280. The normalized spacial score (nSPS) is 10.1. The third-order valence-corrected chi connectivity index (χ3v) is 3.46. The van der Waals surface area contributed by atoms with Crippen molar-refractivity contribution in [3.8, 4) is 0 Å². The van der Waals surface area contributed by atoms with Crippen molar-refractivity contribution in [1.29, 1.82) is 0 Å². The van der Waals surface area contributed by atoms with Crippen LogP contribution in [0.1, 0.15) is 9.67 Å². The number of thiophene rings is 1. The highest BCUT2D eigenvalue weighted by Crippen LogP contribution is 2.26. The zero-order chi connectivity index (χ0) is 13.1. The summed E-state index contributed by atoms with van der Waals surface area (Å²) in [7, 11) is 1.64. The Hall–Kier alpha value is -2.21. The summed E-state index contributed by atoms with van der Waals surface area (Å²) in [6.45, 7) is 0. The van der Waals surface area contributed by atoms with Crippen LogP contribution in [0.2, 0.25) is 0 Å². The van der Waals surface area contributed by atoms with Crippen LogP contribution < -0.4 is 4.90 Å². The maximum Gasteiger partial charge on any atom is 0.324 e. The third kappa shape index (κ3) is 2.38. The maximum atomic E-state index is 12.1. The first kappa shape index (κ1) is 12.3. The molecule has 0 bridgehead atoms. The number of benzene rings is 1. The van der Waals surface area contributed by atoms with E-state index in [4.69, 9.17) is 0 Å². The van der Waals surface area contributed by atoms with Crippen molar-refractivity contribution in [2.24, 2.45) is 0 Å². The van der Waals surface area contributed by atoms with Crippen LogP contribution in [0.5, 0.6) is 0 Å². The fourth-order valence-corrected chi connectivity index (χ4v) is 2.27. The van der Waals surface area contributed by atoms with Crippen LogP contribution in [0.4, 0.5) is 10.7 Å². The Balaban J connectivity index is 2.23.